The van der Waals surface area contributed by atoms with Crippen molar-refractivity contribution in [2.45, 2.75) is 46.1 Å². The van der Waals surface area contributed by atoms with E-state index in [1.54, 1.807) is 0 Å². The van der Waals surface area contributed by atoms with Gasteiger partial charge in [0.1, 0.15) is 11.5 Å². The van der Waals surface area contributed by atoms with Crippen LogP contribution in [-0.4, -0.2) is 19.1 Å². The first-order valence-electron chi connectivity index (χ1n) is 9.05. The third-order valence-corrected chi connectivity index (χ3v) is 4.16. The van der Waals surface area contributed by atoms with E-state index in [0.717, 1.165) is 11.3 Å². The van der Waals surface area contributed by atoms with Crippen LogP contribution in [0.4, 0.5) is 0 Å². The molecule has 0 aliphatic heterocycles. The largest absolute Gasteiger partial charge is 0.494 e. The molecule has 4 heteroatoms. The molecule has 0 fully saturated rings. The zero-order valence-electron chi connectivity index (χ0n) is 16.3. The first kappa shape index (κ1) is 19.8. The van der Waals surface area contributed by atoms with Gasteiger partial charge in [-0.25, -0.2) is 0 Å². The van der Waals surface area contributed by atoms with Crippen LogP contribution >= 0.6 is 0 Å². The van der Waals surface area contributed by atoms with E-state index in [2.05, 4.69) is 26.1 Å². The number of nitrogens with one attached hydrogen (secondary N) is 1. The standard InChI is InChI=1S/C22H29NO3/c1-6-25-19-11-7-17(8-12-19)16(2)23-21(24)15-26-20-13-9-18(10-14-20)22(3,4)5/h7-14,16H,6,15H2,1-5H3,(H,23,24)/t16-/m1/s1. The fraction of sp³-hybridized carbons (Fsp3) is 0.409. The molecule has 0 saturated carbocycles. The maximum absolute atomic E-state index is 12.1. The Hall–Kier alpha value is -2.49. The highest BCUT2D eigenvalue weighted by atomic mass is 16.5. The number of carbonyl (C=O) groups excluding carboxylic acids is 1. The number of carbonyl (C=O) groups is 1. The molecule has 0 aliphatic rings. The van der Waals surface area contributed by atoms with Gasteiger partial charge < -0.3 is 14.8 Å². The van der Waals surface area contributed by atoms with Gasteiger partial charge in [-0.1, -0.05) is 45.0 Å². The summed E-state index contributed by atoms with van der Waals surface area (Å²) in [6, 6.07) is 15.5. The summed E-state index contributed by atoms with van der Waals surface area (Å²) in [7, 11) is 0. The minimum absolute atomic E-state index is 0.00374. The Kier molecular flexibility index (Phi) is 6.67. The average molecular weight is 355 g/mol. The minimum Gasteiger partial charge on any atom is -0.494 e. The van der Waals surface area contributed by atoms with Crippen LogP contribution in [0.5, 0.6) is 11.5 Å². The molecular formula is C22H29NO3. The van der Waals surface area contributed by atoms with Crippen LogP contribution in [0, 0.1) is 0 Å². The van der Waals surface area contributed by atoms with Crippen molar-refractivity contribution in [1.29, 1.82) is 0 Å². The van der Waals surface area contributed by atoms with Gasteiger partial charge in [-0.05, 0) is 54.7 Å². The molecule has 0 heterocycles. The molecular weight excluding hydrogens is 326 g/mol. The molecule has 2 aromatic rings. The van der Waals surface area contributed by atoms with Crippen LogP contribution < -0.4 is 14.8 Å². The van der Waals surface area contributed by atoms with Gasteiger partial charge in [-0.3, -0.25) is 4.79 Å². The molecule has 1 amide bonds. The molecule has 0 radical (unpaired) electrons. The number of amides is 1. The van der Waals surface area contributed by atoms with E-state index in [0.29, 0.717) is 12.4 Å². The molecule has 0 aliphatic carbocycles. The lowest BCUT2D eigenvalue weighted by atomic mass is 9.87. The summed E-state index contributed by atoms with van der Waals surface area (Å²) in [5, 5.41) is 2.95. The van der Waals surface area contributed by atoms with Crippen molar-refractivity contribution in [1.82, 2.24) is 5.32 Å². The fourth-order valence-corrected chi connectivity index (χ4v) is 2.59. The Bertz CT molecular complexity index is 700. The second-order valence-electron chi connectivity index (χ2n) is 7.35. The van der Waals surface area contributed by atoms with Crippen molar-refractivity contribution in [2.24, 2.45) is 0 Å². The van der Waals surface area contributed by atoms with E-state index in [-0.39, 0.29) is 24.0 Å². The summed E-state index contributed by atoms with van der Waals surface area (Å²) in [5.41, 5.74) is 2.36. The second kappa shape index (κ2) is 8.75. The van der Waals surface area contributed by atoms with Gasteiger partial charge >= 0.3 is 0 Å². The predicted molar refractivity (Wildman–Crippen MR) is 105 cm³/mol. The Morgan fingerprint density at radius 3 is 2.04 bits per heavy atom. The highest BCUT2D eigenvalue weighted by molar-refractivity contribution is 5.78. The third kappa shape index (κ3) is 5.80. The molecule has 1 atom stereocenters. The number of rotatable bonds is 7. The van der Waals surface area contributed by atoms with Gasteiger partial charge in [0.05, 0.1) is 12.6 Å². The summed E-state index contributed by atoms with van der Waals surface area (Å²) < 4.78 is 11.0. The van der Waals surface area contributed by atoms with Gasteiger partial charge in [-0.2, -0.15) is 0 Å². The van der Waals surface area contributed by atoms with Gasteiger partial charge in [-0.15, -0.1) is 0 Å². The average Bonchev–Trinajstić information content (AvgIpc) is 2.60. The van der Waals surface area contributed by atoms with E-state index in [4.69, 9.17) is 9.47 Å². The van der Waals surface area contributed by atoms with Crippen LogP contribution in [0.25, 0.3) is 0 Å². The monoisotopic (exact) mass is 355 g/mol. The van der Waals surface area contributed by atoms with E-state index < -0.39 is 0 Å². The normalized spacial score (nSPS) is 12.3. The van der Waals surface area contributed by atoms with Crippen molar-refractivity contribution >= 4 is 5.91 Å². The van der Waals surface area contributed by atoms with Crippen molar-refractivity contribution in [2.75, 3.05) is 13.2 Å². The van der Waals surface area contributed by atoms with E-state index in [9.17, 15) is 4.79 Å². The summed E-state index contributed by atoms with van der Waals surface area (Å²) in [6.45, 7) is 11.0. The van der Waals surface area contributed by atoms with Crippen LogP contribution in [0.2, 0.25) is 0 Å². The first-order valence-corrected chi connectivity index (χ1v) is 9.05. The molecule has 0 unspecified atom stereocenters. The number of hydrogen-bond acceptors (Lipinski definition) is 3. The predicted octanol–water partition coefficient (Wildman–Crippen LogP) is 4.64. The van der Waals surface area contributed by atoms with E-state index >= 15 is 0 Å². The highest BCUT2D eigenvalue weighted by Gasteiger charge is 2.14. The summed E-state index contributed by atoms with van der Waals surface area (Å²) in [4.78, 5) is 12.1. The van der Waals surface area contributed by atoms with Crippen LogP contribution in [-0.2, 0) is 10.2 Å². The zero-order valence-corrected chi connectivity index (χ0v) is 16.3. The lowest BCUT2D eigenvalue weighted by Gasteiger charge is -2.19. The molecule has 2 rings (SSSR count). The number of benzene rings is 2. The smallest absolute Gasteiger partial charge is 0.258 e. The maximum Gasteiger partial charge on any atom is 0.258 e. The van der Waals surface area contributed by atoms with Crippen LogP contribution in [0.15, 0.2) is 48.5 Å². The summed E-state index contributed by atoms with van der Waals surface area (Å²) in [5.74, 6) is 1.38. The molecule has 26 heavy (non-hydrogen) atoms. The lowest BCUT2D eigenvalue weighted by Crippen LogP contribution is -2.31. The van der Waals surface area contributed by atoms with Gasteiger partial charge in [0.15, 0.2) is 6.61 Å². The van der Waals surface area contributed by atoms with E-state index in [1.807, 2.05) is 62.4 Å². The quantitative estimate of drug-likeness (QED) is 0.787. The summed E-state index contributed by atoms with van der Waals surface area (Å²) >= 11 is 0. The Morgan fingerprint density at radius 2 is 1.50 bits per heavy atom. The molecule has 1 N–H and O–H groups in total. The maximum atomic E-state index is 12.1. The van der Waals surface area contributed by atoms with Gasteiger partial charge in [0, 0.05) is 0 Å². The van der Waals surface area contributed by atoms with E-state index in [1.165, 1.54) is 5.56 Å². The summed E-state index contributed by atoms with van der Waals surface area (Å²) in [6.07, 6.45) is 0. The van der Waals surface area contributed by atoms with Crippen LogP contribution in [0.1, 0.15) is 51.8 Å². The fourth-order valence-electron chi connectivity index (χ4n) is 2.59. The SMILES string of the molecule is CCOc1ccc([C@@H](C)NC(=O)COc2ccc(C(C)(C)C)cc2)cc1. The van der Waals surface area contributed by atoms with Crippen molar-refractivity contribution in [3.05, 3.63) is 59.7 Å². The molecule has 4 nitrogen and oxygen atoms in total. The molecule has 0 bridgehead atoms. The second-order valence-corrected chi connectivity index (χ2v) is 7.35. The van der Waals surface area contributed by atoms with Crippen molar-refractivity contribution < 1.29 is 14.3 Å². The number of hydrogen-bond donors (Lipinski definition) is 1. The lowest BCUT2D eigenvalue weighted by molar-refractivity contribution is -0.123. The van der Waals surface area contributed by atoms with Gasteiger partial charge in [0.2, 0.25) is 0 Å². The van der Waals surface area contributed by atoms with Crippen LogP contribution in [0.3, 0.4) is 0 Å². The molecule has 0 spiro atoms. The molecule has 0 aromatic heterocycles. The highest BCUT2D eigenvalue weighted by Crippen LogP contribution is 2.24. The Balaban J connectivity index is 1.84. The van der Waals surface area contributed by atoms with Gasteiger partial charge in [0.25, 0.3) is 5.91 Å². The van der Waals surface area contributed by atoms with Crippen molar-refractivity contribution in [3.63, 3.8) is 0 Å². The molecule has 140 valence electrons. The molecule has 2 aromatic carbocycles. The zero-order chi connectivity index (χ0) is 19.2. The minimum atomic E-state index is -0.147. The number of ether oxygens (including phenoxy) is 2. The first-order chi connectivity index (χ1) is 12.3. The topological polar surface area (TPSA) is 47.6 Å². The Labute approximate surface area is 156 Å². The molecule has 0 saturated heterocycles. The van der Waals surface area contributed by atoms with Crippen molar-refractivity contribution in [3.8, 4) is 11.5 Å². The third-order valence-electron chi connectivity index (χ3n) is 4.16. The Morgan fingerprint density at radius 1 is 0.962 bits per heavy atom.